The number of carbonyl (C=O) groups is 1. The lowest BCUT2D eigenvalue weighted by Crippen LogP contribution is -2.51. The van der Waals surface area contributed by atoms with Crippen molar-refractivity contribution in [3.63, 3.8) is 0 Å². The van der Waals surface area contributed by atoms with Crippen LogP contribution in [0.5, 0.6) is 0 Å². The molecule has 36 heavy (non-hydrogen) atoms. The Morgan fingerprint density at radius 3 is 2.81 bits per heavy atom. The van der Waals surface area contributed by atoms with E-state index in [0.717, 1.165) is 48.0 Å². The minimum absolute atomic E-state index is 0.175. The molecule has 1 atom stereocenters. The van der Waals surface area contributed by atoms with E-state index in [1.54, 1.807) is 13.8 Å². The highest BCUT2D eigenvalue weighted by molar-refractivity contribution is 6.04. The van der Waals surface area contributed by atoms with Gasteiger partial charge in [0.2, 0.25) is 5.89 Å². The standard InChI is InChI=1S/C28H31N5O3/c1-17-5-4-6-18(9-17)26-31-24(14-36-26)25(34)30-23-10-19-13-33(20-7-8-28(12-20)15-29-16-28)32-22(19)11-21(23)27(2,3)35/h4-6,9-11,13-14,20,29,35H,7-8,12,15-16H2,1-3H3,(H,30,34). The summed E-state index contributed by atoms with van der Waals surface area (Å²) in [6, 6.07) is 11.9. The second-order valence-corrected chi connectivity index (χ2v) is 11.0. The van der Waals surface area contributed by atoms with Crippen molar-refractivity contribution in [2.45, 2.75) is 51.7 Å². The van der Waals surface area contributed by atoms with Crippen LogP contribution in [0.25, 0.3) is 22.4 Å². The van der Waals surface area contributed by atoms with E-state index in [9.17, 15) is 9.90 Å². The van der Waals surface area contributed by atoms with Crippen LogP contribution < -0.4 is 10.6 Å². The summed E-state index contributed by atoms with van der Waals surface area (Å²) in [7, 11) is 0. The number of oxazole rings is 1. The number of carbonyl (C=O) groups excluding carboxylic acids is 1. The molecule has 0 radical (unpaired) electrons. The summed E-state index contributed by atoms with van der Waals surface area (Å²) < 4.78 is 7.66. The Kier molecular flexibility index (Phi) is 5.28. The molecule has 1 aliphatic carbocycles. The highest BCUT2D eigenvalue weighted by Crippen LogP contribution is 2.46. The van der Waals surface area contributed by atoms with Gasteiger partial charge in [0.1, 0.15) is 6.26 Å². The lowest BCUT2D eigenvalue weighted by Gasteiger charge is -2.39. The Morgan fingerprint density at radius 2 is 2.11 bits per heavy atom. The summed E-state index contributed by atoms with van der Waals surface area (Å²) in [5.41, 5.74) is 3.26. The molecule has 186 valence electrons. The number of aromatic nitrogens is 3. The number of benzene rings is 2. The summed E-state index contributed by atoms with van der Waals surface area (Å²) in [5, 5.41) is 23.0. The van der Waals surface area contributed by atoms with E-state index in [2.05, 4.69) is 26.5 Å². The van der Waals surface area contributed by atoms with Crippen LogP contribution in [0.4, 0.5) is 5.69 Å². The second-order valence-electron chi connectivity index (χ2n) is 11.0. The summed E-state index contributed by atoms with van der Waals surface area (Å²) in [6.07, 6.45) is 6.89. The van der Waals surface area contributed by atoms with Gasteiger partial charge < -0.3 is 20.2 Å². The van der Waals surface area contributed by atoms with Gasteiger partial charge in [-0.05, 0) is 69.7 Å². The third kappa shape index (κ3) is 4.10. The highest BCUT2D eigenvalue weighted by Gasteiger charge is 2.44. The molecule has 1 saturated heterocycles. The van der Waals surface area contributed by atoms with Crippen LogP contribution in [-0.4, -0.2) is 38.9 Å². The van der Waals surface area contributed by atoms with Crippen LogP contribution >= 0.6 is 0 Å². The Bertz CT molecular complexity index is 1460. The molecule has 2 aliphatic rings. The van der Waals surface area contributed by atoms with Gasteiger partial charge in [-0.1, -0.05) is 17.7 Å². The normalized spacial score (nSPS) is 19.1. The van der Waals surface area contributed by atoms with E-state index in [0.29, 0.717) is 28.6 Å². The highest BCUT2D eigenvalue weighted by atomic mass is 16.3. The van der Waals surface area contributed by atoms with Gasteiger partial charge in [0, 0.05) is 41.5 Å². The maximum absolute atomic E-state index is 13.1. The van der Waals surface area contributed by atoms with Crippen molar-refractivity contribution in [2.75, 3.05) is 18.4 Å². The fourth-order valence-corrected chi connectivity index (χ4v) is 5.56. The molecule has 3 heterocycles. The smallest absolute Gasteiger partial charge is 0.277 e. The Morgan fingerprint density at radius 1 is 1.28 bits per heavy atom. The van der Waals surface area contributed by atoms with Crippen molar-refractivity contribution in [1.29, 1.82) is 0 Å². The number of hydrogen-bond donors (Lipinski definition) is 3. The molecule has 3 N–H and O–H groups in total. The van der Waals surface area contributed by atoms with Crippen molar-refractivity contribution < 1.29 is 14.3 Å². The lowest BCUT2D eigenvalue weighted by molar-refractivity contribution is 0.0793. The molecule has 8 heteroatoms. The van der Waals surface area contributed by atoms with Crippen LogP contribution in [-0.2, 0) is 5.60 Å². The van der Waals surface area contributed by atoms with Crippen molar-refractivity contribution in [1.82, 2.24) is 20.1 Å². The van der Waals surface area contributed by atoms with E-state index in [1.165, 1.54) is 12.7 Å². The number of nitrogens with one attached hydrogen (secondary N) is 2. The van der Waals surface area contributed by atoms with Crippen LogP contribution in [0, 0.1) is 12.3 Å². The Hall–Kier alpha value is -3.49. The molecule has 1 spiro atoms. The van der Waals surface area contributed by atoms with E-state index in [4.69, 9.17) is 9.52 Å². The maximum atomic E-state index is 13.1. The van der Waals surface area contributed by atoms with Crippen LogP contribution in [0.3, 0.4) is 0 Å². The van der Waals surface area contributed by atoms with Gasteiger partial charge in [-0.25, -0.2) is 4.98 Å². The molecule has 4 aromatic rings. The van der Waals surface area contributed by atoms with E-state index in [1.807, 2.05) is 43.3 Å². The van der Waals surface area contributed by atoms with Crippen LogP contribution in [0.15, 0.2) is 53.3 Å². The fourth-order valence-electron chi connectivity index (χ4n) is 5.56. The second kappa shape index (κ2) is 8.28. The zero-order valence-electron chi connectivity index (χ0n) is 20.8. The number of aryl methyl sites for hydroxylation is 1. The molecule has 2 aromatic carbocycles. The van der Waals surface area contributed by atoms with Gasteiger partial charge in [0.25, 0.3) is 5.91 Å². The maximum Gasteiger partial charge on any atom is 0.277 e. The predicted molar refractivity (Wildman–Crippen MR) is 138 cm³/mol. The monoisotopic (exact) mass is 485 g/mol. The molecular weight excluding hydrogens is 454 g/mol. The van der Waals surface area contributed by atoms with Gasteiger partial charge in [-0.15, -0.1) is 0 Å². The molecule has 1 aliphatic heterocycles. The number of fused-ring (bicyclic) bond motifs is 1. The first kappa shape index (κ1) is 22.9. The van der Waals surface area contributed by atoms with Gasteiger partial charge in [0.15, 0.2) is 5.69 Å². The third-order valence-electron chi connectivity index (χ3n) is 7.62. The van der Waals surface area contributed by atoms with Gasteiger partial charge in [0.05, 0.1) is 17.2 Å². The van der Waals surface area contributed by atoms with Crippen LogP contribution in [0.1, 0.15) is 60.8 Å². The summed E-state index contributed by atoms with van der Waals surface area (Å²) in [6.45, 7) is 7.59. The van der Waals surface area contributed by atoms with Crippen LogP contribution in [0.2, 0.25) is 0 Å². The van der Waals surface area contributed by atoms with Crippen molar-refractivity contribution in [3.8, 4) is 11.5 Å². The quantitative estimate of drug-likeness (QED) is 0.375. The molecule has 2 fully saturated rings. The average Bonchev–Trinajstić information content (AvgIpc) is 3.54. The summed E-state index contributed by atoms with van der Waals surface area (Å²) in [4.78, 5) is 17.5. The van der Waals surface area contributed by atoms with Gasteiger partial charge in [-0.2, -0.15) is 5.10 Å². The number of aliphatic hydroxyl groups is 1. The van der Waals surface area contributed by atoms with E-state index in [-0.39, 0.29) is 5.69 Å². The first-order valence-corrected chi connectivity index (χ1v) is 12.5. The lowest BCUT2D eigenvalue weighted by atomic mass is 9.80. The minimum Gasteiger partial charge on any atom is -0.444 e. The Balaban J connectivity index is 1.29. The largest absolute Gasteiger partial charge is 0.444 e. The molecule has 8 nitrogen and oxygen atoms in total. The molecular formula is C28H31N5O3. The minimum atomic E-state index is -1.17. The molecule has 1 saturated carbocycles. The predicted octanol–water partition coefficient (Wildman–Crippen LogP) is 4.79. The molecule has 1 amide bonds. The molecule has 0 bridgehead atoms. The first-order valence-electron chi connectivity index (χ1n) is 12.5. The number of hydrogen-bond acceptors (Lipinski definition) is 6. The Labute approximate surface area is 209 Å². The summed E-state index contributed by atoms with van der Waals surface area (Å²) >= 11 is 0. The fraction of sp³-hybridized carbons (Fsp3) is 0.393. The molecule has 2 aromatic heterocycles. The molecule has 6 rings (SSSR count). The number of nitrogens with zero attached hydrogens (tertiary/aromatic N) is 3. The van der Waals surface area contributed by atoms with Crippen molar-refractivity contribution >= 4 is 22.5 Å². The zero-order valence-corrected chi connectivity index (χ0v) is 20.8. The topological polar surface area (TPSA) is 105 Å². The number of rotatable bonds is 5. The van der Waals surface area contributed by atoms with Gasteiger partial charge >= 0.3 is 0 Å². The first-order chi connectivity index (χ1) is 17.2. The zero-order chi connectivity index (χ0) is 25.1. The third-order valence-corrected chi connectivity index (χ3v) is 7.62. The number of amides is 1. The molecule has 1 unspecified atom stereocenters. The van der Waals surface area contributed by atoms with Crippen molar-refractivity contribution in [2.24, 2.45) is 5.41 Å². The average molecular weight is 486 g/mol. The van der Waals surface area contributed by atoms with Crippen molar-refractivity contribution in [3.05, 3.63) is 65.7 Å². The number of anilines is 1. The van der Waals surface area contributed by atoms with E-state index >= 15 is 0 Å². The van der Waals surface area contributed by atoms with E-state index < -0.39 is 11.5 Å². The van der Waals surface area contributed by atoms with Gasteiger partial charge in [-0.3, -0.25) is 9.48 Å². The SMILES string of the molecule is Cc1cccc(-c2nc(C(=O)Nc3cc4cn(C5CCC6(CNC6)C5)nc4cc3C(C)(C)O)co2)c1. The summed E-state index contributed by atoms with van der Waals surface area (Å²) in [5.74, 6) is -0.00981.